The lowest BCUT2D eigenvalue weighted by molar-refractivity contribution is 1.56. The minimum Gasteiger partial charge on any atom is -0.136 e. The van der Waals surface area contributed by atoms with E-state index in [1.54, 1.807) is 6.08 Å². The average molecular weight is 179 g/mol. The standard InChI is InChI=1S/C5H7BrS/c1-3-4(2)5(6)7/h3,7H,1H2,2H3/b5-4-. The van der Waals surface area contributed by atoms with E-state index in [-0.39, 0.29) is 0 Å². The Balaban J connectivity index is 3.98. The minimum atomic E-state index is 0.850. The number of hydrogen-bond donors (Lipinski definition) is 1. The SMILES string of the molecule is C=C/C(C)=C(\S)Br. The molecule has 0 atom stereocenters. The third-order valence-corrected chi connectivity index (χ3v) is 1.61. The summed E-state index contributed by atoms with van der Waals surface area (Å²) in [5.41, 5.74) is 1.06. The van der Waals surface area contributed by atoms with Gasteiger partial charge in [0.15, 0.2) is 0 Å². The Morgan fingerprint density at radius 2 is 2.29 bits per heavy atom. The fourth-order valence-electron chi connectivity index (χ4n) is 0.0842. The fourth-order valence-corrected chi connectivity index (χ4v) is 0.337. The molecule has 0 rings (SSSR count). The van der Waals surface area contributed by atoms with Gasteiger partial charge in [0, 0.05) is 0 Å². The van der Waals surface area contributed by atoms with Crippen LogP contribution >= 0.6 is 28.6 Å². The fraction of sp³-hybridized carbons (Fsp3) is 0.200. The summed E-state index contributed by atoms with van der Waals surface area (Å²) >= 11 is 7.17. The zero-order chi connectivity index (χ0) is 5.86. The van der Waals surface area contributed by atoms with Gasteiger partial charge in [-0.3, -0.25) is 0 Å². The first-order chi connectivity index (χ1) is 3.18. The first-order valence-corrected chi connectivity index (χ1v) is 3.10. The maximum absolute atomic E-state index is 4.00. The normalized spacial score (nSPS) is 13.0. The van der Waals surface area contributed by atoms with Crippen molar-refractivity contribution in [3.63, 3.8) is 0 Å². The van der Waals surface area contributed by atoms with E-state index < -0.39 is 0 Å². The summed E-state index contributed by atoms with van der Waals surface area (Å²) in [5, 5.41) is 0. The van der Waals surface area contributed by atoms with Crippen molar-refractivity contribution in [1.82, 2.24) is 0 Å². The molecule has 0 aromatic heterocycles. The van der Waals surface area contributed by atoms with Crippen molar-refractivity contribution in [3.8, 4) is 0 Å². The molecule has 0 amide bonds. The maximum atomic E-state index is 4.00. The summed E-state index contributed by atoms with van der Waals surface area (Å²) < 4.78 is 0.850. The second kappa shape index (κ2) is 3.33. The van der Waals surface area contributed by atoms with E-state index in [1.807, 2.05) is 6.92 Å². The molecule has 0 spiro atoms. The van der Waals surface area contributed by atoms with Crippen LogP contribution in [0.3, 0.4) is 0 Å². The van der Waals surface area contributed by atoms with Crippen LogP contribution in [0.25, 0.3) is 0 Å². The molecule has 2 heteroatoms. The van der Waals surface area contributed by atoms with Gasteiger partial charge in [0.25, 0.3) is 0 Å². The lowest BCUT2D eigenvalue weighted by Gasteiger charge is -1.87. The van der Waals surface area contributed by atoms with Gasteiger partial charge in [0.1, 0.15) is 0 Å². The van der Waals surface area contributed by atoms with Gasteiger partial charge in [-0.25, -0.2) is 0 Å². The number of halogens is 1. The van der Waals surface area contributed by atoms with E-state index in [2.05, 4.69) is 35.1 Å². The van der Waals surface area contributed by atoms with Crippen molar-refractivity contribution in [2.24, 2.45) is 0 Å². The van der Waals surface area contributed by atoms with Crippen molar-refractivity contribution in [1.29, 1.82) is 0 Å². The molecule has 7 heavy (non-hydrogen) atoms. The van der Waals surface area contributed by atoms with E-state index in [4.69, 9.17) is 0 Å². The Morgan fingerprint density at radius 1 is 1.86 bits per heavy atom. The molecule has 0 heterocycles. The highest BCUT2D eigenvalue weighted by Crippen LogP contribution is 2.15. The first-order valence-electron chi connectivity index (χ1n) is 1.86. The Morgan fingerprint density at radius 3 is 2.29 bits per heavy atom. The molecule has 0 nitrogen and oxygen atoms in total. The smallest absolute Gasteiger partial charge is 0.0501 e. The molecule has 0 radical (unpaired) electrons. The predicted octanol–water partition coefficient (Wildman–Crippen LogP) is 2.73. The molecular formula is C5H7BrS. The van der Waals surface area contributed by atoms with E-state index in [0.717, 1.165) is 9.39 Å². The number of rotatable bonds is 1. The van der Waals surface area contributed by atoms with E-state index >= 15 is 0 Å². The van der Waals surface area contributed by atoms with Gasteiger partial charge in [0.05, 0.1) is 3.81 Å². The van der Waals surface area contributed by atoms with Gasteiger partial charge in [0.2, 0.25) is 0 Å². The molecule has 0 saturated heterocycles. The quantitative estimate of drug-likeness (QED) is 0.464. The lowest BCUT2D eigenvalue weighted by atomic mass is 10.4. The van der Waals surface area contributed by atoms with Crippen LogP contribution in [0, 0.1) is 0 Å². The molecular weight excluding hydrogens is 172 g/mol. The van der Waals surface area contributed by atoms with Gasteiger partial charge in [-0.15, -0.1) is 12.6 Å². The minimum absolute atomic E-state index is 0.850. The molecule has 0 saturated carbocycles. The number of thiol groups is 1. The van der Waals surface area contributed by atoms with Crippen molar-refractivity contribution >= 4 is 28.6 Å². The highest BCUT2D eigenvalue weighted by molar-refractivity contribution is 9.13. The Bertz CT molecular complexity index is 101. The van der Waals surface area contributed by atoms with Crippen LogP contribution in [0.2, 0.25) is 0 Å². The summed E-state index contributed by atoms with van der Waals surface area (Å²) in [6, 6.07) is 0. The molecule has 0 aromatic carbocycles. The van der Waals surface area contributed by atoms with E-state index in [1.165, 1.54) is 0 Å². The molecule has 0 unspecified atom stereocenters. The van der Waals surface area contributed by atoms with Crippen molar-refractivity contribution in [2.75, 3.05) is 0 Å². The van der Waals surface area contributed by atoms with Gasteiger partial charge < -0.3 is 0 Å². The van der Waals surface area contributed by atoms with Gasteiger partial charge in [-0.1, -0.05) is 12.7 Å². The highest BCUT2D eigenvalue weighted by atomic mass is 79.9. The van der Waals surface area contributed by atoms with E-state index in [0.29, 0.717) is 0 Å². The van der Waals surface area contributed by atoms with Crippen LogP contribution in [0.15, 0.2) is 22.0 Å². The topological polar surface area (TPSA) is 0 Å². The molecule has 0 aromatic rings. The molecule has 40 valence electrons. The molecule has 0 fully saturated rings. The van der Waals surface area contributed by atoms with Crippen molar-refractivity contribution in [3.05, 3.63) is 22.0 Å². The van der Waals surface area contributed by atoms with Gasteiger partial charge >= 0.3 is 0 Å². The van der Waals surface area contributed by atoms with Gasteiger partial charge in [-0.05, 0) is 28.4 Å². The van der Waals surface area contributed by atoms with E-state index in [9.17, 15) is 0 Å². The second-order valence-corrected chi connectivity index (χ2v) is 3.03. The number of hydrogen-bond acceptors (Lipinski definition) is 1. The third-order valence-electron chi connectivity index (χ3n) is 0.632. The number of allylic oxidation sites excluding steroid dienone is 2. The summed E-state index contributed by atoms with van der Waals surface area (Å²) in [6.45, 7) is 5.48. The van der Waals surface area contributed by atoms with Crippen molar-refractivity contribution in [2.45, 2.75) is 6.92 Å². The van der Waals surface area contributed by atoms with Crippen LogP contribution in [0.5, 0.6) is 0 Å². The zero-order valence-electron chi connectivity index (χ0n) is 4.11. The third kappa shape index (κ3) is 2.94. The molecule has 0 aliphatic rings. The maximum Gasteiger partial charge on any atom is 0.0501 e. The van der Waals surface area contributed by atoms with Crippen molar-refractivity contribution < 1.29 is 0 Å². The zero-order valence-corrected chi connectivity index (χ0v) is 6.59. The van der Waals surface area contributed by atoms with Crippen LogP contribution in [0.4, 0.5) is 0 Å². The van der Waals surface area contributed by atoms with Crippen LogP contribution in [0.1, 0.15) is 6.92 Å². The summed E-state index contributed by atoms with van der Waals surface area (Å²) in [4.78, 5) is 0. The first kappa shape index (κ1) is 7.31. The summed E-state index contributed by atoms with van der Waals surface area (Å²) in [5.74, 6) is 0. The van der Waals surface area contributed by atoms with Crippen LogP contribution < -0.4 is 0 Å². The largest absolute Gasteiger partial charge is 0.136 e. The van der Waals surface area contributed by atoms with Crippen LogP contribution in [-0.4, -0.2) is 0 Å². The predicted molar refractivity (Wildman–Crippen MR) is 40.8 cm³/mol. The summed E-state index contributed by atoms with van der Waals surface area (Å²) in [6.07, 6.45) is 1.75. The highest BCUT2D eigenvalue weighted by Gasteiger charge is 1.82. The average Bonchev–Trinajstić information content (AvgIpc) is 1.65. The second-order valence-electron chi connectivity index (χ2n) is 1.18. The molecule has 0 aliphatic carbocycles. The molecule has 0 bridgehead atoms. The Kier molecular flexibility index (Phi) is 3.48. The Hall–Kier alpha value is 0.310. The van der Waals surface area contributed by atoms with Crippen LogP contribution in [-0.2, 0) is 0 Å². The Labute approximate surface area is 57.8 Å². The molecule has 0 aliphatic heterocycles. The summed E-state index contributed by atoms with van der Waals surface area (Å²) in [7, 11) is 0. The van der Waals surface area contributed by atoms with Gasteiger partial charge in [-0.2, -0.15) is 0 Å². The molecule has 0 N–H and O–H groups in total. The monoisotopic (exact) mass is 178 g/mol. The lowest BCUT2D eigenvalue weighted by Crippen LogP contribution is -1.62.